The zero-order valence-corrected chi connectivity index (χ0v) is 12.2. The van der Waals surface area contributed by atoms with Gasteiger partial charge in [0.1, 0.15) is 0 Å². The molecule has 0 aromatic carbocycles. The molecule has 0 spiro atoms. The number of amides is 1. The zero-order chi connectivity index (χ0) is 13.8. The normalized spacial score (nSPS) is 21.8. The fourth-order valence-corrected chi connectivity index (χ4v) is 2.48. The smallest absolute Gasteiger partial charge is 0.239 e. The van der Waals surface area contributed by atoms with Crippen molar-refractivity contribution in [1.82, 2.24) is 10.2 Å². The predicted molar refractivity (Wildman–Crippen MR) is 73.4 cm³/mol. The molecule has 0 radical (unpaired) electrons. The third-order valence-electron chi connectivity index (χ3n) is 3.87. The highest BCUT2D eigenvalue weighted by atomic mass is 16.3. The Morgan fingerprint density at radius 1 is 1.44 bits per heavy atom. The number of piperidine rings is 1. The number of aliphatic hydroxyl groups is 1. The molecule has 4 nitrogen and oxygen atoms in total. The van der Waals surface area contributed by atoms with Crippen molar-refractivity contribution in [3.05, 3.63) is 0 Å². The van der Waals surface area contributed by atoms with E-state index >= 15 is 0 Å². The average Bonchev–Trinajstić information content (AvgIpc) is 2.33. The monoisotopic (exact) mass is 256 g/mol. The van der Waals surface area contributed by atoms with Crippen molar-refractivity contribution in [3.8, 4) is 0 Å². The molecule has 18 heavy (non-hydrogen) atoms. The SMILES string of the molecule is CCC(O)(CC)CN1CCCC(NC(C)C)C1=O. The molecule has 1 aliphatic heterocycles. The fraction of sp³-hybridized carbons (Fsp3) is 0.929. The van der Waals surface area contributed by atoms with Crippen molar-refractivity contribution in [1.29, 1.82) is 0 Å². The van der Waals surface area contributed by atoms with Gasteiger partial charge in [-0.3, -0.25) is 4.79 Å². The lowest BCUT2D eigenvalue weighted by atomic mass is 9.94. The first-order chi connectivity index (χ1) is 8.41. The van der Waals surface area contributed by atoms with Crippen LogP contribution < -0.4 is 5.32 Å². The second-order valence-electron chi connectivity index (χ2n) is 5.71. The first kappa shape index (κ1) is 15.4. The van der Waals surface area contributed by atoms with Crippen molar-refractivity contribution in [2.24, 2.45) is 0 Å². The van der Waals surface area contributed by atoms with Gasteiger partial charge >= 0.3 is 0 Å². The van der Waals surface area contributed by atoms with Gasteiger partial charge in [-0.15, -0.1) is 0 Å². The van der Waals surface area contributed by atoms with Gasteiger partial charge in [-0.1, -0.05) is 27.7 Å². The third kappa shape index (κ3) is 3.95. The lowest BCUT2D eigenvalue weighted by molar-refractivity contribution is -0.140. The topological polar surface area (TPSA) is 52.6 Å². The van der Waals surface area contributed by atoms with Crippen LogP contribution in [0.4, 0.5) is 0 Å². The molecular formula is C14H28N2O2. The Labute approximate surface area is 111 Å². The summed E-state index contributed by atoms with van der Waals surface area (Å²) in [6.45, 7) is 9.30. The summed E-state index contributed by atoms with van der Waals surface area (Å²) in [5.74, 6) is 0.148. The standard InChI is InChI=1S/C14H28N2O2/c1-5-14(18,6-2)10-16-9-7-8-12(13(16)17)15-11(3)4/h11-12,15,18H,5-10H2,1-4H3. The summed E-state index contributed by atoms with van der Waals surface area (Å²) < 4.78 is 0. The van der Waals surface area contributed by atoms with E-state index in [1.165, 1.54) is 0 Å². The van der Waals surface area contributed by atoms with Crippen LogP contribution in [0.3, 0.4) is 0 Å². The lowest BCUT2D eigenvalue weighted by Crippen LogP contribution is -2.56. The molecule has 106 valence electrons. The molecule has 2 N–H and O–H groups in total. The molecule has 1 heterocycles. The summed E-state index contributed by atoms with van der Waals surface area (Å²) in [6.07, 6.45) is 3.30. The van der Waals surface area contributed by atoms with E-state index in [1.54, 1.807) is 0 Å². The van der Waals surface area contributed by atoms with Gasteiger partial charge in [0, 0.05) is 19.1 Å². The fourth-order valence-electron chi connectivity index (χ4n) is 2.48. The van der Waals surface area contributed by atoms with Crippen LogP contribution >= 0.6 is 0 Å². The molecule has 0 bridgehead atoms. The Kier molecular flexibility index (Phi) is 5.60. The van der Waals surface area contributed by atoms with Crippen LogP contribution in [0.25, 0.3) is 0 Å². The van der Waals surface area contributed by atoms with Gasteiger partial charge in [-0.2, -0.15) is 0 Å². The molecule has 0 aliphatic carbocycles. The Bertz CT molecular complexity index is 275. The summed E-state index contributed by atoms with van der Waals surface area (Å²) in [4.78, 5) is 14.2. The van der Waals surface area contributed by atoms with Gasteiger partial charge in [0.05, 0.1) is 11.6 Å². The second-order valence-corrected chi connectivity index (χ2v) is 5.71. The first-order valence-electron chi connectivity index (χ1n) is 7.19. The summed E-state index contributed by atoms with van der Waals surface area (Å²) >= 11 is 0. The molecule has 1 rings (SSSR count). The van der Waals surface area contributed by atoms with E-state index < -0.39 is 5.60 Å². The van der Waals surface area contributed by atoms with Crippen molar-refractivity contribution in [2.45, 2.75) is 71.1 Å². The average molecular weight is 256 g/mol. The summed E-state index contributed by atoms with van der Waals surface area (Å²) in [6, 6.07) is 0.242. The summed E-state index contributed by atoms with van der Waals surface area (Å²) in [5, 5.41) is 13.7. The molecule has 4 heteroatoms. The van der Waals surface area contributed by atoms with Crippen LogP contribution in [0.15, 0.2) is 0 Å². The predicted octanol–water partition coefficient (Wildman–Crippen LogP) is 1.53. The number of hydrogen-bond acceptors (Lipinski definition) is 3. The number of β-amino-alcohol motifs (C(OH)–C–C–N with tert-alkyl or cyclic N) is 1. The number of likely N-dealkylation sites (tertiary alicyclic amines) is 1. The van der Waals surface area contributed by atoms with Crippen molar-refractivity contribution in [3.63, 3.8) is 0 Å². The Hall–Kier alpha value is -0.610. The van der Waals surface area contributed by atoms with Crippen LogP contribution in [0.1, 0.15) is 53.4 Å². The molecule has 1 atom stereocenters. The van der Waals surface area contributed by atoms with Crippen molar-refractivity contribution in [2.75, 3.05) is 13.1 Å². The minimum atomic E-state index is -0.727. The van der Waals surface area contributed by atoms with E-state index in [0.717, 1.165) is 19.4 Å². The van der Waals surface area contributed by atoms with Crippen LogP contribution in [-0.4, -0.2) is 46.7 Å². The highest BCUT2D eigenvalue weighted by Gasteiger charge is 2.34. The van der Waals surface area contributed by atoms with Crippen LogP contribution in [-0.2, 0) is 4.79 Å². The van der Waals surface area contributed by atoms with E-state index in [4.69, 9.17) is 0 Å². The Morgan fingerprint density at radius 2 is 2.06 bits per heavy atom. The quantitative estimate of drug-likeness (QED) is 0.758. The first-order valence-corrected chi connectivity index (χ1v) is 7.19. The van der Waals surface area contributed by atoms with Gasteiger partial charge in [-0.25, -0.2) is 0 Å². The van der Waals surface area contributed by atoms with E-state index in [0.29, 0.717) is 25.4 Å². The number of rotatable bonds is 6. The molecule has 0 aromatic rings. The molecule has 1 saturated heterocycles. The van der Waals surface area contributed by atoms with Crippen molar-refractivity contribution >= 4 is 5.91 Å². The molecule has 0 saturated carbocycles. The van der Waals surface area contributed by atoms with Crippen LogP contribution in [0.5, 0.6) is 0 Å². The van der Waals surface area contributed by atoms with Crippen molar-refractivity contribution < 1.29 is 9.90 Å². The summed E-state index contributed by atoms with van der Waals surface area (Å²) in [7, 11) is 0. The minimum absolute atomic E-state index is 0.0725. The molecule has 1 unspecified atom stereocenters. The van der Waals surface area contributed by atoms with Crippen LogP contribution in [0, 0.1) is 0 Å². The molecule has 1 amide bonds. The number of carbonyl (C=O) groups excluding carboxylic acids is 1. The zero-order valence-electron chi connectivity index (χ0n) is 12.2. The van der Waals surface area contributed by atoms with Gasteiger partial charge in [0.25, 0.3) is 0 Å². The van der Waals surface area contributed by atoms with Gasteiger partial charge in [0.2, 0.25) is 5.91 Å². The highest BCUT2D eigenvalue weighted by Crippen LogP contribution is 2.20. The van der Waals surface area contributed by atoms with E-state index in [-0.39, 0.29) is 11.9 Å². The van der Waals surface area contributed by atoms with Gasteiger partial charge in [0.15, 0.2) is 0 Å². The minimum Gasteiger partial charge on any atom is -0.388 e. The molecule has 1 aliphatic rings. The van der Waals surface area contributed by atoms with E-state index in [9.17, 15) is 9.90 Å². The highest BCUT2D eigenvalue weighted by molar-refractivity contribution is 5.82. The maximum absolute atomic E-state index is 12.3. The van der Waals surface area contributed by atoms with E-state index in [2.05, 4.69) is 19.2 Å². The van der Waals surface area contributed by atoms with Gasteiger partial charge in [-0.05, 0) is 25.7 Å². The second kappa shape index (κ2) is 6.53. The third-order valence-corrected chi connectivity index (χ3v) is 3.87. The van der Waals surface area contributed by atoms with Gasteiger partial charge < -0.3 is 15.3 Å². The lowest BCUT2D eigenvalue weighted by Gasteiger charge is -2.38. The van der Waals surface area contributed by atoms with Crippen LogP contribution in [0.2, 0.25) is 0 Å². The molecular weight excluding hydrogens is 228 g/mol. The maximum atomic E-state index is 12.3. The largest absolute Gasteiger partial charge is 0.388 e. The molecule has 1 fully saturated rings. The maximum Gasteiger partial charge on any atom is 0.239 e. The summed E-state index contributed by atoms with van der Waals surface area (Å²) in [5.41, 5.74) is -0.727. The number of nitrogens with zero attached hydrogens (tertiary/aromatic N) is 1. The molecule has 0 aromatic heterocycles. The Morgan fingerprint density at radius 3 is 2.56 bits per heavy atom. The number of nitrogens with one attached hydrogen (secondary N) is 1. The van der Waals surface area contributed by atoms with E-state index in [1.807, 2.05) is 18.7 Å². The number of carbonyl (C=O) groups is 1. The number of hydrogen-bond donors (Lipinski definition) is 2. The Balaban J connectivity index is 2.63.